The first-order valence-corrected chi connectivity index (χ1v) is 7.34. The van der Waals surface area contributed by atoms with Gasteiger partial charge in [0, 0.05) is 25.2 Å². The lowest BCUT2D eigenvalue weighted by atomic mass is 10.1. The number of rotatable bonds is 6. The molecule has 0 aromatic heterocycles. The van der Waals surface area contributed by atoms with Gasteiger partial charge in [-0.2, -0.15) is 0 Å². The molecule has 5 nitrogen and oxygen atoms in total. The van der Waals surface area contributed by atoms with Crippen LogP contribution in [0, 0.1) is 0 Å². The van der Waals surface area contributed by atoms with Crippen molar-refractivity contribution < 1.29 is 4.79 Å². The number of hydrogen-bond donors (Lipinski definition) is 3. The Balaban J connectivity index is 1.87. The standard InChI is InChI=1S/C15H24N4O/c1-2-17-15(20)12-5-6-14(13(16)11-12)18-7-10-19-8-3-4-9-19/h5-6,11,18H,2-4,7-10,16H2,1H3,(H,17,20). The third-order valence-corrected chi connectivity index (χ3v) is 3.59. The van der Waals surface area contributed by atoms with E-state index in [0.717, 1.165) is 18.8 Å². The van der Waals surface area contributed by atoms with Crippen LogP contribution in [0.25, 0.3) is 0 Å². The SMILES string of the molecule is CCNC(=O)c1ccc(NCCN2CCCC2)c(N)c1. The van der Waals surface area contributed by atoms with Crippen LogP contribution in [0.1, 0.15) is 30.1 Å². The summed E-state index contributed by atoms with van der Waals surface area (Å²) < 4.78 is 0. The number of nitrogens with one attached hydrogen (secondary N) is 2. The molecule has 1 aromatic rings. The molecule has 4 N–H and O–H groups in total. The Hall–Kier alpha value is -1.75. The molecule has 0 saturated carbocycles. The van der Waals surface area contributed by atoms with Gasteiger partial charge in [0.05, 0.1) is 11.4 Å². The summed E-state index contributed by atoms with van der Waals surface area (Å²) in [7, 11) is 0. The number of nitrogen functional groups attached to an aromatic ring is 1. The average Bonchev–Trinajstić information content (AvgIpc) is 2.94. The maximum absolute atomic E-state index is 11.7. The number of amides is 1. The average molecular weight is 276 g/mol. The molecular formula is C15H24N4O. The molecule has 110 valence electrons. The van der Waals surface area contributed by atoms with E-state index in [2.05, 4.69) is 15.5 Å². The third-order valence-electron chi connectivity index (χ3n) is 3.59. The maximum atomic E-state index is 11.7. The molecule has 0 aliphatic carbocycles. The number of carbonyl (C=O) groups excluding carboxylic acids is 1. The molecule has 1 heterocycles. The summed E-state index contributed by atoms with van der Waals surface area (Å²) in [6, 6.07) is 5.41. The van der Waals surface area contributed by atoms with Crippen LogP contribution in [0.15, 0.2) is 18.2 Å². The van der Waals surface area contributed by atoms with Gasteiger partial charge in [0.2, 0.25) is 0 Å². The molecule has 0 bridgehead atoms. The van der Waals surface area contributed by atoms with Crippen LogP contribution >= 0.6 is 0 Å². The smallest absolute Gasteiger partial charge is 0.251 e. The Kier molecular flexibility index (Phi) is 5.24. The predicted molar refractivity (Wildman–Crippen MR) is 83.0 cm³/mol. The predicted octanol–water partition coefficient (Wildman–Crippen LogP) is 1.53. The van der Waals surface area contributed by atoms with Gasteiger partial charge in [0.25, 0.3) is 5.91 Å². The lowest BCUT2D eigenvalue weighted by Crippen LogP contribution is -2.26. The first-order valence-electron chi connectivity index (χ1n) is 7.34. The van der Waals surface area contributed by atoms with Crippen molar-refractivity contribution in [1.82, 2.24) is 10.2 Å². The van der Waals surface area contributed by atoms with Gasteiger partial charge in [-0.25, -0.2) is 0 Å². The number of carbonyl (C=O) groups is 1. The minimum absolute atomic E-state index is 0.0807. The van der Waals surface area contributed by atoms with Gasteiger partial charge in [-0.1, -0.05) is 0 Å². The van der Waals surface area contributed by atoms with Gasteiger partial charge < -0.3 is 21.3 Å². The molecule has 2 rings (SSSR count). The fourth-order valence-corrected chi connectivity index (χ4v) is 2.48. The van der Waals surface area contributed by atoms with Gasteiger partial charge in [-0.15, -0.1) is 0 Å². The van der Waals surface area contributed by atoms with Crippen LogP contribution in [-0.2, 0) is 0 Å². The molecule has 1 aliphatic rings. The molecule has 20 heavy (non-hydrogen) atoms. The molecule has 1 aromatic carbocycles. The summed E-state index contributed by atoms with van der Waals surface area (Å²) in [5.41, 5.74) is 8.12. The Labute approximate surface area is 120 Å². The van der Waals surface area contributed by atoms with Crippen LogP contribution in [0.4, 0.5) is 11.4 Å². The summed E-state index contributed by atoms with van der Waals surface area (Å²) in [4.78, 5) is 14.2. The van der Waals surface area contributed by atoms with Crippen molar-refractivity contribution >= 4 is 17.3 Å². The van der Waals surface area contributed by atoms with Crippen molar-refractivity contribution in [3.05, 3.63) is 23.8 Å². The summed E-state index contributed by atoms with van der Waals surface area (Å²) in [5, 5.41) is 6.11. The summed E-state index contributed by atoms with van der Waals surface area (Å²) in [6.45, 7) is 6.84. The zero-order valence-electron chi connectivity index (χ0n) is 12.1. The van der Waals surface area contributed by atoms with Crippen LogP contribution in [0.3, 0.4) is 0 Å². The van der Waals surface area contributed by atoms with Crippen molar-refractivity contribution in [2.45, 2.75) is 19.8 Å². The normalized spacial score (nSPS) is 15.2. The van der Waals surface area contributed by atoms with E-state index < -0.39 is 0 Å². The number of benzene rings is 1. The Morgan fingerprint density at radius 1 is 1.35 bits per heavy atom. The molecule has 0 unspecified atom stereocenters. The lowest BCUT2D eigenvalue weighted by Gasteiger charge is -2.16. The zero-order chi connectivity index (χ0) is 14.4. The Morgan fingerprint density at radius 2 is 2.10 bits per heavy atom. The minimum atomic E-state index is -0.0807. The summed E-state index contributed by atoms with van der Waals surface area (Å²) >= 11 is 0. The largest absolute Gasteiger partial charge is 0.397 e. The van der Waals surface area contributed by atoms with Gasteiger partial charge in [0.15, 0.2) is 0 Å². The number of likely N-dealkylation sites (tertiary alicyclic amines) is 1. The second-order valence-corrected chi connectivity index (χ2v) is 5.14. The second-order valence-electron chi connectivity index (χ2n) is 5.14. The monoisotopic (exact) mass is 276 g/mol. The fraction of sp³-hybridized carbons (Fsp3) is 0.533. The van der Waals surface area contributed by atoms with Crippen molar-refractivity contribution in [2.24, 2.45) is 0 Å². The van der Waals surface area contributed by atoms with E-state index in [1.54, 1.807) is 12.1 Å². The van der Waals surface area contributed by atoms with Gasteiger partial charge in [-0.05, 0) is 51.1 Å². The summed E-state index contributed by atoms with van der Waals surface area (Å²) in [6.07, 6.45) is 2.62. The first kappa shape index (κ1) is 14.7. The highest BCUT2D eigenvalue weighted by atomic mass is 16.1. The van der Waals surface area contributed by atoms with Crippen LogP contribution in [0.5, 0.6) is 0 Å². The van der Waals surface area contributed by atoms with E-state index in [0.29, 0.717) is 17.8 Å². The van der Waals surface area contributed by atoms with Crippen LogP contribution < -0.4 is 16.4 Å². The van der Waals surface area contributed by atoms with Crippen molar-refractivity contribution in [3.8, 4) is 0 Å². The quantitative estimate of drug-likeness (QED) is 0.689. The lowest BCUT2D eigenvalue weighted by molar-refractivity contribution is 0.0956. The maximum Gasteiger partial charge on any atom is 0.251 e. The van der Waals surface area contributed by atoms with E-state index >= 15 is 0 Å². The van der Waals surface area contributed by atoms with Crippen molar-refractivity contribution in [3.63, 3.8) is 0 Å². The second kappa shape index (κ2) is 7.14. The number of anilines is 2. The zero-order valence-corrected chi connectivity index (χ0v) is 12.1. The van der Waals surface area contributed by atoms with E-state index in [9.17, 15) is 4.79 Å². The summed E-state index contributed by atoms with van der Waals surface area (Å²) in [5.74, 6) is -0.0807. The first-order chi connectivity index (χ1) is 9.70. The van der Waals surface area contributed by atoms with Gasteiger partial charge >= 0.3 is 0 Å². The van der Waals surface area contributed by atoms with Crippen LogP contribution in [0.2, 0.25) is 0 Å². The minimum Gasteiger partial charge on any atom is -0.397 e. The molecule has 5 heteroatoms. The fourth-order valence-electron chi connectivity index (χ4n) is 2.48. The molecule has 1 saturated heterocycles. The molecule has 1 fully saturated rings. The van der Waals surface area contributed by atoms with E-state index in [4.69, 9.17) is 5.73 Å². The highest BCUT2D eigenvalue weighted by Crippen LogP contribution is 2.19. The highest BCUT2D eigenvalue weighted by molar-refractivity contribution is 5.96. The Bertz CT molecular complexity index is 455. The van der Waals surface area contributed by atoms with E-state index in [-0.39, 0.29) is 5.91 Å². The number of hydrogen-bond acceptors (Lipinski definition) is 4. The molecule has 1 aliphatic heterocycles. The third kappa shape index (κ3) is 3.87. The Morgan fingerprint density at radius 3 is 2.75 bits per heavy atom. The van der Waals surface area contributed by atoms with Crippen molar-refractivity contribution in [2.75, 3.05) is 43.8 Å². The van der Waals surface area contributed by atoms with Crippen LogP contribution in [-0.4, -0.2) is 43.5 Å². The molecule has 1 amide bonds. The van der Waals surface area contributed by atoms with E-state index in [1.165, 1.54) is 25.9 Å². The van der Waals surface area contributed by atoms with E-state index in [1.807, 2.05) is 13.0 Å². The topological polar surface area (TPSA) is 70.4 Å². The van der Waals surface area contributed by atoms with Crippen molar-refractivity contribution in [1.29, 1.82) is 0 Å². The van der Waals surface area contributed by atoms with Gasteiger partial charge in [-0.3, -0.25) is 4.79 Å². The van der Waals surface area contributed by atoms with Gasteiger partial charge in [0.1, 0.15) is 0 Å². The number of nitrogens with two attached hydrogens (primary N) is 1. The molecule has 0 radical (unpaired) electrons. The number of nitrogens with zero attached hydrogens (tertiary/aromatic N) is 1. The molecular weight excluding hydrogens is 252 g/mol. The molecule has 0 spiro atoms. The molecule has 0 atom stereocenters. The highest BCUT2D eigenvalue weighted by Gasteiger charge is 2.11.